The Kier molecular flexibility index (Phi) is 5.34. The number of aliphatic carboxylic acids is 1. The molecule has 126 valence electrons. The summed E-state index contributed by atoms with van der Waals surface area (Å²) in [4.78, 5) is 13.7. The van der Waals surface area contributed by atoms with Crippen LogP contribution in [-0.2, 0) is 10.3 Å². The van der Waals surface area contributed by atoms with Crippen LogP contribution in [0.3, 0.4) is 0 Å². The molecule has 0 amide bonds. The monoisotopic (exact) mass is 337 g/mol. The summed E-state index contributed by atoms with van der Waals surface area (Å²) in [6, 6.07) is 30.0. The first kappa shape index (κ1) is 18.5. The van der Waals surface area contributed by atoms with Crippen molar-refractivity contribution in [1.82, 2.24) is 4.90 Å². The smallest absolute Gasteiger partial charge is 1.00 e. The molecule has 1 saturated heterocycles. The molecule has 0 spiro atoms. The molecule has 2 atom stereocenters. The molecule has 0 saturated carbocycles. The fourth-order valence-corrected chi connectivity index (χ4v) is 3.76. The molecule has 1 N–H and O–H groups in total. The van der Waals surface area contributed by atoms with Crippen molar-refractivity contribution in [3.8, 4) is 0 Å². The second-order valence-electron chi connectivity index (χ2n) is 6.31. The summed E-state index contributed by atoms with van der Waals surface area (Å²) in [6.45, 7) is 0.536. The number of nitrogens with zero attached hydrogens (tertiary/aromatic N) is 1. The number of carboxylic acids is 1. The van der Waals surface area contributed by atoms with E-state index in [2.05, 4.69) is 41.3 Å². The maximum atomic E-state index is 11.7. The number of hydrogen-bond acceptors (Lipinski definition) is 2. The molecule has 1 aliphatic heterocycles. The van der Waals surface area contributed by atoms with E-state index in [1.165, 1.54) is 0 Å². The Labute approximate surface area is 166 Å². The molecule has 3 aromatic rings. The van der Waals surface area contributed by atoms with Crippen molar-refractivity contribution < 1.29 is 30.2 Å². The van der Waals surface area contributed by atoms with Crippen molar-refractivity contribution in [3.63, 3.8) is 0 Å². The molecule has 2 unspecified atom stereocenters. The third-order valence-corrected chi connectivity index (χ3v) is 4.90. The standard InChI is InChI=1S/C22H19NO2.Li.H/c24-21(25)20-16-23(20)22(17-10-4-1-5-11-17,18-12-6-2-7-13-18)19-14-8-3-9-15-19;;/h1-15,20H,16H2,(H,24,25);;/q;+1;-1. The normalized spacial score (nSPS) is 18.6. The van der Waals surface area contributed by atoms with Crippen LogP contribution in [0.15, 0.2) is 91.0 Å². The topological polar surface area (TPSA) is 40.3 Å². The van der Waals surface area contributed by atoms with E-state index in [0.717, 1.165) is 16.7 Å². The Hall–Kier alpha value is -2.31. The van der Waals surface area contributed by atoms with Crippen LogP contribution in [-0.4, -0.2) is 28.6 Å². The Morgan fingerprint density at radius 3 is 1.42 bits per heavy atom. The molecule has 0 aromatic heterocycles. The van der Waals surface area contributed by atoms with Gasteiger partial charge in [0.05, 0.1) is 5.54 Å². The molecule has 26 heavy (non-hydrogen) atoms. The first-order valence-electron chi connectivity index (χ1n) is 8.40. The molecule has 3 nitrogen and oxygen atoms in total. The number of carboxylic acid groups (broad SMARTS) is 1. The van der Waals surface area contributed by atoms with E-state index in [-0.39, 0.29) is 20.3 Å². The van der Waals surface area contributed by atoms with Crippen LogP contribution in [0.4, 0.5) is 0 Å². The van der Waals surface area contributed by atoms with Crippen LogP contribution >= 0.6 is 0 Å². The molecule has 1 heterocycles. The van der Waals surface area contributed by atoms with E-state index in [0.29, 0.717) is 6.54 Å². The van der Waals surface area contributed by atoms with E-state index in [4.69, 9.17) is 0 Å². The molecule has 1 aliphatic rings. The zero-order valence-electron chi connectivity index (χ0n) is 15.7. The van der Waals surface area contributed by atoms with Crippen LogP contribution in [0.1, 0.15) is 18.1 Å². The van der Waals surface area contributed by atoms with Gasteiger partial charge in [0.1, 0.15) is 6.04 Å². The quantitative estimate of drug-likeness (QED) is 0.427. The zero-order valence-corrected chi connectivity index (χ0v) is 14.7. The summed E-state index contributed by atoms with van der Waals surface area (Å²) in [5.74, 6) is -0.771. The van der Waals surface area contributed by atoms with Gasteiger partial charge in [-0.25, -0.2) is 0 Å². The Morgan fingerprint density at radius 1 is 0.808 bits per heavy atom. The second kappa shape index (κ2) is 7.51. The van der Waals surface area contributed by atoms with Crippen LogP contribution < -0.4 is 18.9 Å². The van der Waals surface area contributed by atoms with Gasteiger partial charge >= 0.3 is 24.8 Å². The minimum Gasteiger partial charge on any atom is -1.00 e. The molecular weight excluding hydrogens is 317 g/mol. The van der Waals surface area contributed by atoms with Crippen LogP contribution in [0.25, 0.3) is 0 Å². The molecule has 4 rings (SSSR count). The first-order valence-corrected chi connectivity index (χ1v) is 8.40. The minimum atomic E-state index is -0.771. The third-order valence-electron chi connectivity index (χ3n) is 4.90. The number of benzene rings is 3. The third kappa shape index (κ3) is 2.99. The summed E-state index contributed by atoms with van der Waals surface area (Å²) >= 11 is 0. The Bertz CT molecular complexity index is 778. The van der Waals surface area contributed by atoms with Crippen molar-refractivity contribution >= 4 is 5.97 Å². The maximum absolute atomic E-state index is 11.7. The van der Waals surface area contributed by atoms with E-state index < -0.39 is 17.6 Å². The van der Waals surface area contributed by atoms with Gasteiger partial charge in [-0.2, -0.15) is 0 Å². The summed E-state index contributed by atoms with van der Waals surface area (Å²) in [7, 11) is 0. The zero-order chi connectivity index (χ0) is 17.3. The van der Waals surface area contributed by atoms with Gasteiger partial charge in [0, 0.05) is 6.54 Å². The second-order valence-corrected chi connectivity index (χ2v) is 6.31. The van der Waals surface area contributed by atoms with Gasteiger partial charge in [0.15, 0.2) is 0 Å². The summed E-state index contributed by atoms with van der Waals surface area (Å²) in [5.41, 5.74) is 2.63. The van der Waals surface area contributed by atoms with E-state index in [1.54, 1.807) is 0 Å². The van der Waals surface area contributed by atoms with Crippen molar-refractivity contribution in [2.75, 3.05) is 6.54 Å². The van der Waals surface area contributed by atoms with Gasteiger partial charge in [-0.3, -0.25) is 9.69 Å². The van der Waals surface area contributed by atoms with Crippen molar-refractivity contribution in [3.05, 3.63) is 108 Å². The van der Waals surface area contributed by atoms with Gasteiger partial charge in [0.2, 0.25) is 0 Å². The Morgan fingerprint density at radius 2 is 1.15 bits per heavy atom. The summed E-state index contributed by atoms with van der Waals surface area (Å²) in [5, 5.41) is 9.59. The minimum absolute atomic E-state index is 0. The number of hydrogen-bond donors (Lipinski definition) is 1. The van der Waals surface area contributed by atoms with Gasteiger partial charge < -0.3 is 6.53 Å². The van der Waals surface area contributed by atoms with Crippen molar-refractivity contribution in [2.45, 2.75) is 11.6 Å². The predicted molar refractivity (Wildman–Crippen MR) is 98.4 cm³/mol. The molecule has 1 fully saturated rings. The molecule has 4 heteroatoms. The fourth-order valence-electron chi connectivity index (χ4n) is 3.76. The van der Waals surface area contributed by atoms with E-state index >= 15 is 0 Å². The molecule has 0 bridgehead atoms. The van der Waals surface area contributed by atoms with Gasteiger partial charge in [0.25, 0.3) is 0 Å². The SMILES string of the molecule is O=C(O)C1CN1C(c1ccccc1)(c1ccccc1)c1ccccc1.[H-].[Li+]. The Balaban J connectivity index is 0.00000131. The first-order chi connectivity index (χ1) is 12.2. The van der Waals surface area contributed by atoms with Crippen molar-refractivity contribution in [2.24, 2.45) is 0 Å². The summed E-state index contributed by atoms with van der Waals surface area (Å²) < 4.78 is 0. The number of carbonyl (C=O) groups is 1. The van der Waals surface area contributed by atoms with Crippen LogP contribution in [0.5, 0.6) is 0 Å². The maximum Gasteiger partial charge on any atom is 1.00 e. The van der Waals surface area contributed by atoms with Gasteiger partial charge in [-0.05, 0) is 16.7 Å². The average Bonchev–Trinajstić information content (AvgIpc) is 3.47. The average molecular weight is 337 g/mol. The van der Waals surface area contributed by atoms with Gasteiger partial charge in [-0.1, -0.05) is 91.0 Å². The number of rotatable bonds is 5. The molecule has 0 radical (unpaired) electrons. The summed E-state index contributed by atoms with van der Waals surface area (Å²) in [6.07, 6.45) is 0. The van der Waals surface area contributed by atoms with E-state index in [9.17, 15) is 9.90 Å². The molecular formula is C22H20LiNO2. The fraction of sp³-hybridized carbons (Fsp3) is 0.136. The molecule has 0 aliphatic carbocycles. The largest absolute Gasteiger partial charge is 1.00 e. The van der Waals surface area contributed by atoms with Crippen LogP contribution in [0.2, 0.25) is 0 Å². The van der Waals surface area contributed by atoms with Crippen molar-refractivity contribution in [1.29, 1.82) is 0 Å². The van der Waals surface area contributed by atoms with Crippen LogP contribution in [0, 0.1) is 0 Å². The predicted octanol–water partition coefficient (Wildman–Crippen LogP) is 0.864. The molecule has 3 aromatic carbocycles. The van der Waals surface area contributed by atoms with E-state index in [1.807, 2.05) is 54.6 Å². The van der Waals surface area contributed by atoms with Gasteiger partial charge in [-0.15, -0.1) is 0 Å².